The van der Waals surface area contributed by atoms with Gasteiger partial charge in [0.25, 0.3) is 0 Å². The zero-order chi connectivity index (χ0) is 11.4. The van der Waals surface area contributed by atoms with E-state index in [0.717, 1.165) is 29.7 Å². The number of methoxy groups -OCH3 is 1. The van der Waals surface area contributed by atoms with Gasteiger partial charge in [0.2, 0.25) is 0 Å². The van der Waals surface area contributed by atoms with E-state index in [1.165, 1.54) is 7.11 Å². The summed E-state index contributed by atoms with van der Waals surface area (Å²) >= 11 is 0. The summed E-state index contributed by atoms with van der Waals surface area (Å²) in [6.07, 6.45) is 1.62. The fourth-order valence-electron chi connectivity index (χ4n) is 1.83. The molecule has 0 fully saturated rings. The van der Waals surface area contributed by atoms with Gasteiger partial charge in [-0.3, -0.25) is 0 Å². The zero-order valence-corrected chi connectivity index (χ0v) is 9.46. The molecule has 0 unspecified atom stereocenters. The number of carbonyl (C=O) groups excluding carboxylic acids is 1. The number of nitrogens with two attached hydrogens (primary N) is 1. The van der Waals surface area contributed by atoms with Crippen LogP contribution in [-0.4, -0.2) is 13.1 Å². The van der Waals surface area contributed by atoms with Gasteiger partial charge < -0.3 is 10.5 Å². The summed E-state index contributed by atoms with van der Waals surface area (Å²) in [6.45, 7) is 4.05. The van der Waals surface area contributed by atoms with E-state index < -0.39 is 0 Å². The van der Waals surface area contributed by atoms with Crippen LogP contribution < -0.4 is 5.73 Å². The van der Waals surface area contributed by atoms with E-state index in [1.54, 1.807) is 12.1 Å². The van der Waals surface area contributed by atoms with Crippen LogP contribution in [0.1, 0.15) is 35.3 Å². The minimum Gasteiger partial charge on any atom is -0.465 e. The van der Waals surface area contributed by atoms with E-state index in [-0.39, 0.29) is 5.97 Å². The van der Waals surface area contributed by atoms with Crippen LogP contribution in [0.4, 0.5) is 5.69 Å². The molecule has 1 aromatic carbocycles. The van der Waals surface area contributed by atoms with Crippen LogP contribution in [0, 0.1) is 0 Å². The average molecular weight is 207 g/mol. The number of hydrogen-bond acceptors (Lipinski definition) is 3. The highest BCUT2D eigenvalue weighted by molar-refractivity contribution is 5.92. The second-order valence-corrected chi connectivity index (χ2v) is 3.36. The molecule has 0 atom stereocenters. The van der Waals surface area contributed by atoms with Crippen molar-refractivity contribution in [2.24, 2.45) is 0 Å². The van der Waals surface area contributed by atoms with Gasteiger partial charge in [-0.15, -0.1) is 0 Å². The first-order chi connectivity index (χ1) is 7.15. The van der Waals surface area contributed by atoms with Gasteiger partial charge in [0, 0.05) is 5.69 Å². The van der Waals surface area contributed by atoms with E-state index in [9.17, 15) is 4.79 Å². The lowest BCUT2D eigenvalue weighted by molar-refractivity contribution is 0.0599. The highest BCUT2D eigenvalue weighted by Gasteiger charge is 2.14. The number of carbonyl (C=O) groups is 1. The molecule has 0 aliphatic rings. The van der Waals surface area contributed by atoms with Crippen LogP contribution in [0.3, 0.4) is 0 Å². The first kappa shape index (κ1) is 11.6. The third kappa shape index (κ3) is 2.12. The summed E-state index contributed by atoms with van der Waals surface area (Å²) in [4.78, 5) is 11.5. The predicted molar refractivity (Wildman–Crippen MR) is 60.9 cm³/mol. The lowest BCUT2D eigenvalue weighted by Crippen LogP contribution is -2.09. The van der Waals surface area contributed by atoms with E-state index in [4.69, 9.17) is 10.5 Å². The molecule has 0 bridgehead atoms. The third-order valence-electron chi connectivity index (χ3n) is 2.58. The van der Waals surface area contributed by atoms with E-state index in [1.807, 2.05) is 13.8 Å². The average Bonchev–Trinajstić information content (AvgIpc) is 2.27. The van der Waals surface area contributed by atoms with Crippen LogP contribution in [0.25, 0.3) is 0 Å². The predicted octanol–water partition coefficient (Wildman–Crippen LogP) is 2.18. The Hall–Kier alpha value is -1.51. The number of anilines is 1. The number of benzene rings is 1. The molecule has 0 spiro atoms. The molecule has 82 valence electrons. The maximum Gasteiger partial charge on any atom is 0.338 e. The molecule has 1 rings (SSSR count). The van der Waals surface area contributed by atoms with E-state index in [0.29, 0.717) is 5.56 Å². The van der Waals surface area contributed by atoms with Crippen molar-refractivity contribution in [3.63, 3.8) is 0 Å². The SMILES string of the molecule is CCc1c(N)ccc(C(=O)OC)c1CC. The first-order valence-corrected chi connectivity index (χ1v) is 5.14. The van der Waals surface area contributed by atoms with Gasteiger partial charge in [-0.2, -0.15) is 0 Å². The molecule has 0 aliphatic carbocycles. The minimum absolute atomic E-state index is 0.290. The van der Waals surface area contributed by atoms with Crippen molar-refractivity contribution in [2.75, 3.05) is 12.8 Å². The summed E-state index contributed by atoms with van der Waals surface area (Å²) in [6, 6.07) is 3.50. The van der Waals surface area contributed by atoms with Crippen LogP contribution in [0.15, 0.2) is 12.1 Å². The lowest BCUT2D eigenvalue weighted by Gasteiger charge is -2.13. The molecule has 0 heterocycles. The molecule has 0 radical (unpaired) electrons. The largest absolute Gasteiger partial charge is 0.465 e. The quantitative estimate of drug-likeness (QED) is 0.610. The van der Waals surface area contributed by atoms with Crippen molar-refractivity contribution < 1.29 is 9.53 Å². The third-order valence-corrected chi connectivity index (χ3v) is 2.58. The van der Waals surface area contributed by atoms with Crippen molar-refractivity contribution in [3.8, 4) is 0 Å². The number of ether oxygens (including phenoxy) is 1. The number of rotatable bonds is 3. The first-order valence-electron chi connectivity index (χ1n) is 5.14. The molecule has 15 heavy (non-hydrogen) atoms. The molecule has 0 saturated carbocycles. The maximum atomic E-state index is 11.5. The Labute approximate surface area is 90.2 Å². The summed E-state index contributed by atoms with van der Waals surface area (Å²) in [7, 11) is 1.39. The second kappa shape index (κ2) is 4.82. The monoisotopic (exact) mass is 207 g/mol. The van der Waals surface area contributed by atoms with Crippen molar-refractivity contribution in [2.45, 2.75) is 26.7 Å². The molecule has 0 aliphatic heterocycles. The van der Waals surface area contributed by atoms with Gasteiger partial charge in [-0.1, -0.05) is 13.8 Å². The Bertz CT molecular complexity index is 372. The highest BCUT2D eigenvalue weighted by Crippen LogP contribution is 2.23. The normalized spacial score (nSPS) is 10.1. The fraction of sp³-hybridized carbons (Fsp3) is 0.417. The molecule has 0 aromatic heterocycles. The molecule has 3 nitrogen and oxygen atoms in total. The van der Waals surface area contributed by atoms with Gasteiger partial charge in [0.1, 0.15) is 0 Å². The Morgan fingerprint density at radius 2 is 1.87 bits per heavy atom. The van der Waals surface area contributed by atoms with Gasteiger partial charge in [-0.05, 0) is 36.1 Å². The van der Waals surface area contributed by atoms with Gasteiger partial charge >= 0.3 is 5.97 Å². The molecular weight excluding hydrogens is 190 g/mol. The Morgan fingerprint density at radius 3 is 2.33 bits per heavy atom. The molecule has 2 N–H and O–H groups in total. The van der Waals surface area contributed by atoms with Crippen molar-refractivity contribution in [3.05, 3.63) is 28.8 Å². The van der Waals surface area contributed by atoms with E-state index >= 15 is 0 Å². The summed E-state index contributed by atoms with van der Waals surface area (Å²) in [5.74, 6) is -0.290. The van der Waals surface area contributed by atoms with Crippen molar-refractivity contribution in [1.29, 1.82) is 0 Å². The van der Waals surface area contributed by atoms with Gasteiger partial charge in [0.15, 0.2) is 0 Å². The molecule has 0 amide bonds. The lowest BCUT2D eigenvalue weighted by atomic mass is 9.95. The second-order valence-electron chi connectivity index (χ2n) is 3.36. The molecule has 3 heteroatoms. The highest BCUT2D eigenvalue weighted by atomic mass is 16.5. The summed E-state index contributed by atoms with van der Waals surface area (Å²) in [5, 5.41) is 0. The number of nitrogen functional groups attached to an aromatic ring is 1. The zero-order valence-electron chi connectivity index (χ0n) is 9.46. The Kier molecular flexibility index (Phi) is 3.72. The smallest absolute Gasteiger partial charge is 0.338 e. The number of hydrogen-bond donors (Lipinski definition) is 1. The summed E-state index contributed by atoms with van der Waals surface area (Å²) < 4.78 is 4.74. The Balaban J connectivity index is 3.35. The van der Waals surface area contributed by atoms with Crippen molar-refractivity contribution >= 4 is 11.7 Å². The van der Waals surface area contributed by atoms with E-state index in [2.05, 4.69) is 0 Å². The topological polar surface area (TPSA) is 52.3 Å². The standard InChI is InChI=1S/C12H17NO2/c1-4-8-9(5-2)11(13)7-6-10(8)12(14)15-3/h6-7H,4-5,13H2,1-3H3. The maximum absolute atomic E-state index is 11.5. The van der Waals surface area contributed by atoms with Gasteiger partial charge in [-0.25, -0.2) is 4.79 Å². The minimum atomic E-state index is -0.290. The molecular formula is C12H17NO2. The van der Waals surface area contributed by atoms with Gasteiger partial charge in [0.05, 0.1) is 12.7 Å². The summed E-state index contributed by atoms with van der Waals surface area (Å²) in [5.41, 5.74) is 9.31. The van der Waals surface area contributed by atoms with Crippen LogP contribution in [0.2, 0.25) is 0 Å². The van der Waals surface area contributed by atoms with Crippen LogP contribution >= 0.6 is 0 Å². The molecule has 1 aromatic rings. The van der Waals surface area contributed by atoms with Crippen molar-refractivity contribution in [1.82, 2.24) is 0 Å². The van der Waals surface area contributed by atoms with Crippen LogP contribution in [0.5, 0.6) is 0 Å². The molecule has 0 saturated heterocycles. The van der Waals surface area contributed by atoms with Crippen LogP contribution in [-0.2, 0) is 17.6 Å². The fourth-order valence-corrected chi connectivity index (χ4v) is 1.83. The number of esters is 1. The Morgan fingerprint density at radius 1 is 1.27 bits per heavy atom.